The van der Waals surface area contributed by atoms with E-state index in [1.165, 1.54) is 6.92 Å². The van der Waals surface area contributed by atoms with Crippen molar-refractivity contribution < 1.29 is 23.1 Å². The average Bonchev–Trinajstić information content (AvgIpc) is 2.16. The topological polar surface area (TPSA) is 124 Å². The van der Waals surface area contributed by atoms with E-state index in [9.17, 15) is 18.0 Å². The first-order chi connectivity index (χ1) is 7.78. The van der Waals surface area contributed by atoms with Crippen LogP contribution in [0.25, 0.3) is 0 Å². The second-order valence-electron chi connectivity index (χ2n) is 3.55. The molecule has 0 aromatic heterocycles. The number of nitrogens with zero attached hydrogens (tertiary/aromatic N) is 1. The fraction of sp³-hybridized carbons (Fsp3) is 0.667. The molecule has 0 radical (unpaired) electrons. The van der Waals surface area contributed by atoms with E-state index < -0.39 is 39.1 Å². The largest absolute Gasteiger partial charge is 0.481 e. The summed E-state index contributed by atoms with van der Waals surface area (Å²) in [6.45, 7) is 1.34. The van der Waals surface area contributed by atoms with Crippen molar-refractivity contribution in [1.82, 2.24) is 5.32 Å². The molecule has 0 saturated heterocycles. The molecule has 0 aliphatic rings. The Hall–Kier alpha value is -1.62. The van der Waals surface area contributed by atoms with Crippen LogP contribution in [0.1, 0.15) is 13.3 Å². The average molecular weight is 262 g/mol. The maximum Gasteiger partial charge on any atom is 0.307 e. The summed E-state index contributed by atoms with van der Waals surface area (Å²) < 4.78 is 22.8. The van der Waals surface area contributed by atoms with E-state index in [0.29, 0.717) is 0 Å². The Bertz CT molecular complexity index is 423. The van der Waals surface area contributed by atoms with E-state index >= 15 is 0 Å². The van der Waals surface area contributed by atoms with Gasteiger partial charge in [0.15, 0.2) is 9.84 Å². The molecule has 7 nitrogen and oxygen atoms in total. The van der Waals surface area contributed by atoms with Gasteiger partial charge in [0.2, 0.25) is 5.91 Å². The van der Waals surface area contributed by atoms with Crippen LogP contribution in [0.2, 0.25) is 0 Å². The molecule has 2 N–H and O–H groups in total. The fourth-order valence-electron chi connectivity index (χ4n) is 1.02. The van der Waals surface area contributed by atoms with Crippen molar-refractivity contribution in [3.8, 4) is 6.07 Å². The molecule has 0 fully saturated rings. The SMILES string of the molecule is CC(CS(=O)(=O)CC(=O)NCCC#N)C(=O)O. The van der Waals surface area contributed by atoms with Crippen LogP contribution in [0.3, 0.4) is 0 Å². The monoisotopic (exact) mass is 262 g/mol. The fourth-order valence-corrected chi connectivity index (χ4v) is 2.54. The Morgan fingerprint density at radius 1 is 1.47 bits per heavy atom. The van der Waals surface area contributed by atoms with Crippen molar-refractivity contribution in [3.05, 3.63) is 0 Å². The highest BCUT2D eigenvalue weighted by molar-refractivity contribution is 7.92. The predicted molar refractivity (Wildman–Crippen MR) is 58.7 cm³/mol. The van der Waals surface area contributed by atoms with Crippen molar-refractivity contribution in [2.45, 2.75) is 13.3 Å². The highest BCUT2D eigenvalue weighted by Crippen LogP contribution is 2.02. The Balaban J connectivity index is 4.22. The number of nitriles is 1. The number of carbonyl (C=O) groups is 2. The van der Waals surface area contributed by atoms with Crippen LogP contribution in [-0.2, 0) is 19.4 Å². The minimum Gasteiger partial charge on any atom is -0.481 e. The lowest BCUT2D eigenvalue weighted by Gasteiger charge is -2.07. The van der Waals surface area contributed by atoms with Crippen molar-refractivity contribution in [3.63, 3.8) is 0 Å². The van der Waals surface area contributed by atoms with Crippen LogP contribution >= 0.6 is 0 Å². The number of hydrogen-bond donors (Lipinski definition) is 2. The summed E-state index contributed by atoms with van der Waals surface area (Å²) in [4.78, 5) is 21.6. The molecule has 0 aromatic carbocycles. The van der Waals surface area contributed by atoms with Gasteiger partial charge >= 0.3 is 5.97 Å². The molecule has 1 unspecified atom stereocenters. The van der Waals surface area contributed by atoms with Gasteiger partial charge in [0.1, 0.15) is 5.75 Å². The third-order valence-corrected chi connectivity index (χ3v) is 3.55. The molecular formula is C9H14N2O5S. The Labute approximate surface area is 99.3 Å². The molecule has 0 saturated carbocycles. The molecule has 0 heterocycles. The maximum atomic E-state index is 11.4. The highest BCUT2D eigenvalue weighted by atomic mass is 32.2. The third kappa shape index (κ3) is 7.30. The Morgan fingerprint density at radius 2 is 2.06 bits per heavy atom. The molecule has 0 spiro atoms. The van der Waals surface area contributed by atoms with Gasteiger partial charge in [0.05, 0.1) is 24.2 Å². The van der Waals surface area contributed by atoms with Gasteiger partial charge in [-0.25, -0.2) is 8.42 Å². The molecule has 96 valence electrons. The maximum absolute atomic E-state index is 11.4. The van der Waals surface area contributed by atoms with Gasteiger partial charge in [0, 0.05) is 6.54 Å². The second-order valence-corrected chi connectivity index (χ2v) is 5.66. The molecular weight excluding hydrogens is 248 g/mol. The Morgan fingerprint density at radius 3 is 2.53 bits per heavy atom. The molecule has 1 atom stereocenters. The zero-order chi connectivity index (χ0) is 13.5. The minimum atomic E-state index is -3.74. The number of carbonyl (C=O) groups excluding carboxylic acids is 1. The number of amides is 1. The number of sulfone groups is 1. The van der Waals surface area contributed by atoms with E-state index in [1.54, 1.807) is 6.07 Å². The molecule has 0 aliphatic carbocycles. The summed E-state index contributed by atoms with van der Waals surface area (Å²) in [5.74, 6) is -4.33. The smallest absolute Gasteiger partial charge is 0.307 e. The first-order valence-corrected chi connectivity index (χ1v) is 6.67. The molecule has 1 amide bonds. The third-order valence-electron chi connectivity index (χ3n) is 1.84. The lowest BCUT2D eigenvalue weighted by atomic mass is 10.2. The van der Waals surface area contributed by atoms with Crippen LogP contribution in [0.5, 0.6) is 0 Å². The van der Waals surface area contributed by atoms with Crippen molar-refractivity contribution >= 4 is 21.7 Å². The van der Waals surface area contributed by atoms with Gasteiger partial charge in [-0.2, -0.15) is 5.26 Å². The van der Waals surface area contributed by atoms with Crippen molar-refractivity contribution in [1.29, 1.82) is 5.26 Å². The highest BCUT2D eigenvalue weighted by Gasteiger charge is 2.23. The van der Waals surface area contributed by atoms with Gasteiger partial charge in [-0.1, -0.05) is 6.92 Å². The van der Waals surface area contributed by atoms with Gasteiger partial charge in [-0.3, -0.25) is 9.59 Å². The van der Waals surface area contributed by atoms with Crippen LogP contribution < -0.4 is 5.32 Å². The van der Waals surface area contributed by atoms with Crippen molar-refractivity contribution in [2.24, 2.45) is 5.92 Å². The lowest BCUT2D eigenvalue weighted by molar-refractivity contribution is -0.140. The van der Waals surface area contributed by atoms with Crippen molar-refractivity contribution in [2.75, 3.05) is 18.1 Å². The van der Waals surface area contributed by atoms with Crippen LogP contribution in [-0.4, -0.2) is 43.5 Å². The first kappa shape index (κ1) is 15.4. The number of carboxylic acids is 1. The predicted octanol–water partition coefficient (Wildman–Crippen LogP) is -0.848. The summed E-state index contributed by atoms with van der Waals surface area (Å²) in [6.07, 6.45) is 0.0946. The first-order valence-electron chi connectivity index (χ1n) is 4.85. The quantitative estimate of drug-likeness (QED) is 0.576. The Kier molecular flexibility index (Phi) is 6.20. The van der Waals surface area contributed by atoms with E-state index in [1.807, 2.05) is 0 Å². The number of rotatable bonds is 7. The van der Waals surface area contributed by atoms with Crippen LogP contribution in [0.4, 0.5) is 0 Å². The van der Waals surface area contributed by atoms with E-state index in [4.69, 9.17) is 10.4 Å². The summed E-state index contributed by atoms with van der Waals surface area (Å²) in [5, 5.41) is 19.0. The molecule has 0 aromatic rings. The van der Waals surface area contributed by atoms with Gasteiger partial charge in [-0.15, -0.1) is 0 Å². The standard InChI is InChI=1S/C9H14N2O5S/c1-7(9(13)14)5-17(15,16)6-8(12)11-4-2-3-10/h7H,2,4-6H2,1H3,(H,11,12)(H,13,14). The van der Waals surface area contributed by atoms with E-state index in [2.05, 4.69) is 5.32 Å². The molecule has 8 heteroatoms. The number of nitrogens with one attached hydrogen (secondary N) is 1. The summed E-state index contributed by atoms with van der Waals surface area (Å²) in [6, 6.07) is 1.79. The van der Waals surface area contributed by atoms with Crippen LogP contribution in [0, 0.1) is 17.2 Å². The zero-order valence-electron chi connectivity index (χ0n) is 9.34. The normalized spacial score (nSPS) is 12.5. The molecule has 0 aliphatic heterocycles. The van der Waals surface area contributed by atoms with Gasteiger partial charge in [0.25, 0.3) is 0 Å². The number of aliphatic carboxylic acids is 1. The minimum absolute atomic E-state index is 0.0827. The number of hydrogen-bond acceptors (Lipinski definition) is 5. The molecule has 0 rings (SSSR count). The van der Waals surface area contributed by atoms with Crippen LogP contribution in [0.15, 0.2) is 0 Å². The molecule has 17 heavy (non-hydrogen) atoms. The van der Waals surface area contributed by atoms with Gasteiger partial charge < -0.3 is 10.4 Å². The summed E-state index contributed by atoms with van der Waals surface area (Å²) in [7, 11) is -3.74. The number of carboxylic acid groups (broad SMARTS) is 1. The van der Waals surface area contributed by atoms with Gasteiger partial charge in [-0.05, 0) is 0 Å². The summed E-state index contributed by atoms with van der Waals surface area (Å²) in [5.41, 5.74) is 0. The summed E-state index contributed by atoms with van der Waals surface area (Å²) >= 11 is 0. The van der Waals surface area contributed by atoms with E-state index in [-0.39, 0.29) is 13.0 Å². The second kappa shape index (κ2) is 6.85. The zero-order valence-corrected chi connectivity index (χ0v) is 10.2. The van der Waals surface area contributed by atoms with E-state index in [0.717, 1.165) is 0 Å². The molecule has 0 bridgehead atoms. The lowest BCUT2D eigenvalue weighted by Crippen LogP contribution is -2.33.